The molecule has 1 unspecified atom stereocenters. The van der Waals surface area contributed by atoms with Crippen molar-refractivity contribution in [3.05, 3.63) is 71.5 Å². The highest BCUT2D eigenvalue weighted by Gasteiger charge is 2.44. The van der Waals surface area contributed by atoms with Gasteiger partial charge in [-0.05, 0) is 42.5 Å². The minimum absolute atomic E-state index is 0. The van der Waals surface area contributed by atoms with E-state index in [1.807, 2.05) is 31.3 Å². The molecule has 162 valence electrons. The number of likely N-dealkylation sites (tertiary alicyclic amines) is 1. The molecule has 1 N–H and O–H groups in total. The molecule has 1 heterocycles. The summed E-state index contributed by atoms with van der Waals surface area (Å²) in [5.74, 6) is 1.31. The summed E-state index contributed by atoms with van der Waals surface area (Å²) in [5, 5.41) is 3.55. The molecule has 4 nitrogen and oxygen atoms in total. The van der Waals surface area contributed by atoms with Gasteiger partial charge in [0.1, 0.15) is 5.82 Å². The van der Waals surface area contributed by atoms with Gasteiger partial charge in [0.05, 0.1) is 13.2 Å². The van der Waals surface area contributed by atoms with E-state index in [1.54, 1.807) is 12.1 Å². The summed E-state index contributed by atoms with van der Waals surface area (Å²) < 4.78 is 19.6. The van der Waals surface area contributed by atoms with Gasteiger partial charge in [-0.2, -0.15) is 0 Å². The van der Waals surface area contributed by atoms with E-state index in [4.69, 9.17) is 4.74 Å². The molecule has 2 aromatic carbocycles. The number of guanidine groups is 1. The van der Waals surface area contributed by atoms with Gasteiger partial charge in [-0.15, -0.1) is 24.0 Å². The van der Waals surface area contributed by atoms with E-state index in [2.05, 4.69) is 27.3 Å². The SMILES string of the molecule is CN=C(NCC1(c2cccc(F)c2)CC1)N1CCC(COCc2ccccc2)C1.I. The number of hydrogen-bond donors (Lipinski definition) is 1. The molecule has 2 fully saturated rings. The number of nitrogens with one attached hydrogen (secondary N) is 1. The Balaban J connectivity index is 0.00000256. The van der Waals surface area contributed by atoms with Gasteiger partial charge in [0.2, 0.25) is 0 Å². The number of ether oxygens (including phenoxy) is 1. The number of halogens is 2. The van der Waals surface area contributed by atoms with Gasteiger partial charge in [0.25, 0.3) is 0 Å². The van der Waals surface area contributed by atoms with Crippen molar-refractivity contribution in [1.29, 1.82) is 0 Å². The maximum absolute atomic E-state index is 13.6. The van der Waals surface area contributed by atoms with E-state index < -0.39 is 0 Å². The smallest absolute Gasteiger partial charge is 0.193 e. The standard InChI is InChI=1S/C24H30FN3O.HI/c1-26-23(27-18-24(11-12-24)21-8-5-9-22(25)14-21)28-13-10-20(15-28)17-29-16-19-6-3-2-4-7-19;/h2-9,14,20H,10-13,15-18H2,1H3,(H,26,27);1H. The van der Waals surface area contributed by atoms with E-state index >= 15 is 0 Å². The summed E-state index contributed by atoms with van der Waals surface area (Å²) in [5.41, 5.74) is 2.36. The lowest BCUT2D eigenvalue weighted by atomic mass is 9.96. The zero-order chi connectivity index (χ0) is 20.1. The van der Waals surface area contributed by atoms with Gasteiger partial charge in [-0.1, -0.05) is 42.5 Å². The van der Waals surface area contributed by atoms with Crippen molar-refractivity contribution in [2.75, 3.05) is 33.3 Å². The zero-order valence-corrected chi connectivity index (χ0v) is 19.8. The van der Waals surface area contributed by atoms with Crippen LogP contribution in [0, 0.1) is 11.7 Å². The number of hydrogen-bond acceptors (Lipinski definition) is 2. The van der Waals surface area contributed by atoms with Crippen molar-refractivity contribution in [3.8, 4) is 0 Å². The van der Waals surface area contributed by atoms with Crippen LogP contribution in [0.2, 0.25) is 0 Å². The van der Waals surface area contributed by atoms with Crippen molar-refractivity contribution < 1.29 is 9.13 Å². The van der Waals surface area contributed by atoms with Gasteiger partial charge in [0, 0.05) is 38.0 Å². The van der Waals surface area contributed by atoms with Crippen LogP contribution in [-0.2, 0) is 16.8 Å². The highest BCUT2D eigenvalue weighted by molar-refractivity contribution is 14.0. The molecule has 6 heteroatoms. The fraction of sp³-hybridized carbons (Fsp3) is 0.458. The van der Waals surface area contributed by atoms with Crippen molar-refractivity contribution in [1.82, 2.24) is 10.2 Å². The highest BCUT2D eigenvalue weighted by Crippen LogP contribution is 2.47. The van der Waals surface area contributed by atoms with Crippen LogP contribution in [0.1, 0.15) is 30.4 Å². The molecular weight excluding hydrogens is 492 g/mol. The number of benzene rings is 2. The fourth-order valence-electron chi connectivity index (χ4n) is 4.20. The second-order valence-corrected chi connectivity index (χ2v) is 8.29. The number of aliphatic imine (C=N–C) groups is 1. The molecule has 0 amide bonds. The Morgan fingerprint density at radius 3 is 2.70 bits per heavy atom. The first-order valence-electron chi connectivity index (χ1n) is 10.5. The van der Waals surface area contributed by atoms with Crippen molar-refractivity contribution >= 4 is 29.9 Å². The summed E-state index contributed by atoms with van der Waals surface area (Å²) in [7, 11) is 1.84. The normalized spacial score (nSPS) is 20.0. The second kappa shape index (κ2) is 10.6. The maximum Gasteiger partial charge on any atom is 0.193 e. The molecule has 1 aliphatic carbocycles. The maximum atomic E-state index is 13.6. The van der Waals surface area contributed by atoms with Crippen LogP contribution in [-0.4, -0.2) is 44.1 Å². The van der Waals surface area contributed by atoms with Crippen molar-refractivity contribution in [2.45, 2.75) is 31.3 Å². The molecule has 1 saturated carbocycles. The predicted octanol–water partition coefficient (Wildman–Crippen LogP) is 4.59. The van der Waals surface area contributed by atoms with E-state index in [9.17, 15) is 4.39 Å². The first kappa shape index (κ1) is 23.0. The summed E-state index contributed by atoms with van der Waals surface area (Å²) in [6.45, 7) is 4.19. The Bertz CT molecular complexity index is 841. The second-order valence-electron chi connectivity index (χ2n) is 8.29. The van der Waals surface area contributed by atoms with E-state index in [-0.39, 0.29) is 35.2 Å². The third-order valence-corrected chi connectivity index (χ3v) is 6.14. The molecular formula is C24H31FIN3O. The molecule has 0 radical (unpaired) electrons. The first-order chi connectivity index (χ1) is 14.2. The fourth-order valence-corrected chi connectivity index (χ4v) is 4.20. The van der Waals surface area contributed by atoms with Crippen LogP contribution in [0.4, 0.5) is 4.39 Å². The van der Waals surface area contributed by atoms with Gasteiger partial charge < -0.3 is 15.0 Å². The minimum atomic E-state index is -0.156. The highest BCUT2D eigenvalue weighted by atomic mass is 127. The molecule has 0 bridgehead atoms. The summed E-state index contributed by atoms with van der Waals surface area (Å²) in [6, 6.07) is 17.3. The molecule has 0 aromatic heterocycles. The van der Waals surface area contributed by atoms with Gasteiger partial charge in [-0.3, -0.25) is 4.99 Å². The van der Waals surface area contributed by atoms with Crippen molar-refractivity contribution in [2.24, 2.45) is 10.9 Å². The van der Waals surface area contributed by atoms with Crippen LogP contribution in [0.15, 0.2) is 59.6 Å². The molecule has 0 spiro atoms. The summed E-state index contributed by atoms with van der Waals surface area (Å²) >= 11 is 0. The summed E-state index contributed by atoms with van der Waals surface area (Å²) in [6.07, 6.45) is 3.30. The molecule has 4 rings (SSSR count). The Morgan fingerprint density at radius 2 is 2.00 bits per heavy atom. The zero-order valence-electron chi connectivity index (χ0n) is 17.5. The first-order valence-corrected chi connectivity index (χ1v) is 10.5. The van der Waals surface area contributed by atoms with Crippen LogP contribution < -0.4 is 5.32 Å². The van der Waals surface area contributed by atoms with Crippen LogP contribution in [0.3, 0.4) is 0 Å². The average Bonchev–Trinajstić information content (AvgIpc) is 3.40. The lowest BCUT2D eigenvalue weighted by Crippen LogP contribution is -2.43. The average molecular weight is 523 g/mol. The largest absolute Gasteiger partial charge is 0.376 e. The van der Waals surface area contributed by atoms with E-state index in [0.29, 0.717) is 12.5 Å². The number of nitrogens with zero attached hydrogens (tertiary/aromatic N) is 2. The molecule has 30 heavy (non-hydrogen) atoms. The molecule has 1 atom stereocenters. The Labute approximate surface area is 195 Å². The molecule has 2 aliphatic rings. The van der Waals surface area contributed by atoms with Crippen molar-refractivity contribution in [3.63, 3.8) is 0 Å². The lowest BCUT2D eigenvalue weighted by Gasteiger charge is -2.24. The molecule has 1 aliphatic heterocycles. The van der Waals surface area contributed by atoms with Crippen LogP contribution in [0.5, 0.6) is 0 Å². The minimum Gasteiger partial charge on any atom is -0.376 e. The Kier molecular flexibility index (Phi) is 8.11. The van der Waals surface area contributed by atoms with Crippen LogP contribution in [0.25, 0.3) is 0 Å². The van der Waals surface area contributed by atoms with Crippen LogP contribution >= 0.6 is 24.0 Å². The Morgan fingerprint density at radius 1 is 1.20 bits per heavy atom. The van der Waals surface area contributed by atoms with Gasteiger partial charge in [-0.25, -0.2) is 4.39 Å². The van der Waals surface area contributed by atoms with E-state index in [0.717, 1.165) is 57.0 Å². The topological polar surface area (TPSA) is 36.9 Å². The summed E-state index contributed by atoms with van der Waals surface area (Å²) in [4.78, 5) is 6.81. The third-order valence-electron chi connectivity index (χ3n) is 6.14. The van der Waals surface area contributed by atoms with Gasteiger partial charge in [0.15, 0.2) is 5.96 Å². The number of rotatable bonds is 7. The van der Waals surface area contributed by atoms with Gasteiger partial charge >= 0.3 is 0 Å². The van der Waals surface area contributed by atoms with E-state index in [1.165, 1.54) is 11.6 Å². The quantitative estimate of drug-likeness (QED) is 0.328. The molecule has 2 aromatic rings. The third kappa shape index (κ3) is 5.72. The monoisotopic (exact) mass is 523 g/mol. The predicted molar refractivity (Wildman–Crippen MR) is 130 cm³/mol. The Hall–Kier alpha value is -1.67. The molecule has 1 saturated heterocycles. The lowest BCUT2D eigenvalue weighted by molar-refractivity contribution is 0.0906.